The normalized spacial score (nSPS) is 14.7. The predicted molar refractivity (Wildman–Crippen MR) is 124 cm³/mol. The number of allylic oxidation sites excluding steroid dienone is 6. The van der Waals surface area contributed by atoms with E-state index in [9.17, 15) is 14.0 Å². The van der Waals surface area contributed by atoms with Gasteiger partial charge < -0.3 is 10.6 Å². The molecule has 2 N–H and O–H groups in total. The fourth-order valence-corrected chi connectivity index (χ4v) is 3.44. The highest BCUT2D eigenvalue weighted by atomic mass is 19.1. The van der Waals surface area contributed by atoms with Crippen molar-refractivity contribution in [2.75, 3.05) is 13.6 Å². The Morgan fingerprint density at radius 2 is 1.75 bits per heavy atom. The van der Waals surface area contributed by atoms with Gasteiger partial charge in [-0.2, -0.15) is 0 Å². The molecule has 2 aromatic rings. The van der Waals surface area contributed by atoms with Crippen LogP contribution in [0.1, 0.15) is 35.2 Å². The number of carbonyl (C=O) groups is 2. The third kappa shape index (κ3) is 6.35. The van der Waals surface area contributed by atoms with Crippen molar-refractivity contribution in [3.63, 3.8) is 0 Å². The zero-order chi connectivity index (χ0) is 22.8. The number of aromatic nitrogens is 1. The van der Waals surface area contributed by atoms with Crippen LogP contribution in [0.3, 0.4) is 0 Å². The Balaban J connectivity index is 1.91. The van der Waals surface area contributed by atoms with Gasteiger partial charge in [0.2, 0.25) is 5.91 Å². The van der Waals surface area contributed by atoms with Crippen molar-refractivity contribution in [3.05, 3.63) is 107 Å². The van der Waals surface area contributed by atoms with Crippen LogP contribution in [0, 0.1) is 0 Å². The SMILES string of the molecule is CN/C=C(\C(=C\C(=O)NCC(=O)c1ccccc1)C1=CC=C(F)CCC1)c1ccncc1. The minimum atomic E-state index is -0.394. The number of nitrogens with one attached hydrogen (secondary N) is 2. The Labute approximate surface area is 187 Å². The van der Waals surface area contributed by atoms with E-state index in [1.165, 1.54) is 12.2 Å². The summed E-state index contributed by atoms with van der Waals surface area (Å²) in [5.41, 5.74) is 3.70. The smallest absolute Gasteiger partial charge is 0.244 e. The van der Waals surface area contributed by atoms with Gasteiger partial charge in [-0.1, -0.05) is 36.4 Å². The summed E-state index contributed by atoms with van der Waals surface area (Å²) in [6.07, 6.45) is 11.4. The number of pyridine rings is 1. The third-order valence-electron chi connectivity index (χ3n) is 5.04. The van der Waals surface area contributed by atoms with Crippen LogP contribution in [0.4, 0.5) is 4.39 Å². The molecule has 0 bridgehead atoms. The Morgan fingerprint density at radius 3 is 2.47 bits per heavy atom. The van der Waals surface area contributed by atoms with E-state index in [0.29, 0.717) is 30.4 Å². The lowest BCUT2D eigenvalue weighted by Gasteiger charge is -2.16. The molecule has 1 aliphatic carbocycles. The molecule has 5 nitrogen and oxygen atoms in total. The van der Waals surface area contributed by atoms with E-state index >= 15 is 0 Å². The number of hydrogen-bond acceptors (Lipinski definition) is 4. The lowest BCUT2D eigenvalue weighted by molar-refractivity contribution is -0.116. The molecule has 6 heteroatoms. The summed E-state index contributed by atoms with van der Waals surface area (Å²) in [4.78, 5) is 29.2. The topological polar surface area (TPSA) is 71.1 Å². The van der Waals surface area contributed by atoms with E-state index in [-0.39, 0.29) is 18.2 Å². The molecule has 3 rings (SSSR count). The number of halogens is 1. The molecule has 0 fully saturated rings. The molecule has 1 aliphatic rings. The molecule has 0 atom stereocenters. The molecule has 1 aromatic carbocycles. The molecular formula is C26H26FN3O2. The summed E-state index contributed by atoms with van der Waals surface area (Å²) < 4.78 is 13.8. The number of carbonyl (C=O) groups excluding carboxylic acids is 2. The maximum absolute atomic E-state index is 13.8. The average molecular weight is 432 g/mol. The summed E-state index contributed by atoms with van der Waals surface area (Å²) in [6, 6.07) is 12.5. The van der Waals surface area contributed by atoms with Crippen molar-refractivity contribution in [3.8, 4) is 0 Å². The van der Waals surface area contributed by atoms with Gasteiger partial charge in [0.1, 0.15) is 0 Å². The molecule has 0 spiro atoms. The molecule has 1 aromatic heterocycles. The first-order chi connectivity index (χ1) is 15.6. The summed E-state index contributed by atoms with van der Waals surface area (Å²) in [7, 11) is 1.78. The Bertz CT molecular complexity index is 1070. The van der Waals surface area contributed by atoms with Gasteiger partial charge in [-0.3, -0.25) is 14.6 Å². The maximum atomic E-state index is 13.8. The van der Waals surface area contributed by atoms with Crippen LogP contribution in [0.2, 0.25) is 0 Å². The standard InChI is InChI=1S/C26H26FN3O2/c1-28-17-24(20-12-14-29-15-13-20)23(19-8-5-9-22(27)11-10-19)16-26(32)30-18-25(31)21-6-3-2-4-7-21/h2-4,6-7,10-17,28H,5,8-9,18H2,1H3,(H,30,32)/b23-16+,24-17-. The number of ketones is 1. The van der Waals surface area contributed by atoms with E-state index in [1.54, 1.807) is 56.0 Å². The largest absolute Gasteiger partial charge is 0.393 e. The lowest BCUT2D eigenvalue weighted by atomic mass is 9.90. The second-order valence-electron chi connectivity index (χ2n) is 7.31. The van der Waals surface area contributed by atoms with Gasteiger partial charge in [-0.15, -0.1) is 0 Å². The zero-order valence-corrected chi connectivity index (χ0v) is 18.0. The van der Waals surface area contributed by atoms with Gasteiger partial charge in [0.25, 0.3) is 0 Å². The van der Waals surface area contributed by atoms with Crippen molar-refractivity contribution >= 4 is 17.3 Å². The Morgan fingerprint density at radius 1 is 1.00 bits per heavy atom. The van der Waals surface area contributed by atoms with Crippen molar-refractivity contribution in [1.82, 2.24) is 15.6 Å². The van der Waals surface area contributed by atoms with Crippen LogP contribution < -0.4 is 10.6 Å². The molecule has 0 saturated heterocycles. The first kappa shape index (κ1) is 22.9. The fourth-order valence-electron chi connectivity index (χ4n) is 3.44. The molecule has 1 heterocycles. The van der Waals surface area contributed by atoms with Gasteiger partial charge in [0, 0.05) is 42.9 Å². The van der Waals surface area contributed by atoms with E-state index < -0.39 is 5.91 Å². The lowest BCUT2D eigenvalue weighted by Crippen LogP contribution is -2.28. The van der Waals surface area contributed by atoms with E-state index in [2.05, 4.69) is 15.6 Å². The average Bonchev–Trinajstić information content (AvgIpc) is 3.05. The summed E-state index contributed by atoms with van der Waals surface area (Å²) >= 11 is 0. The highest BCUT2D eigenvalue weighted by Crippen LogP contribution is 2.33. The van der Waals surface area contributed by atoms with Crippen LogP contribution in [0.5, 0.6) is 0 Å². The van der Waals surface area contributed by atoms with Crippen LogP contribution in [0.25, 0.3) is 5.57 Å². The highest BCUT2D eigenvalue weighted by molar-refractivity contribution is 6.02. The van der Waals surface area contributed by atoms with Gasteiger partial charge in [0.05, 0.1) is 12.4 Å². The molecule has 0 saturated carbocycles. The number of nitrogens with zero attached hydrogens (tertiary/aromatic N) is 1. The predicted octanol–water partition coefficient (Wildman–Crippen LogP) is 4.53. The van der Waals surface area contributed by atoms with Crippen LogP contribution >= 0.6 is 0 Å². The first-order valence-electron chi connectivity index (χ1n) is 10.5. The van der Waals surface area contributed by atoms with Gasteiger partial charge >= 0.3 is 0 Å². The first-order valence-corrected chi connectivity index (χ1v) is 10.5. The quantitative estimate of drug-likeness (QED) is 0.366. The number of rotatable bonds is 8. The second kappa shape index (κ2) is 11.6. The molecule has 32 heavy (non-hydrogen) atoms. The molecular weight excluding hydrogens is 405 g/mol. The Hall–Kier alpha value is -3.80. The molecule has 0 unspecified atom stereocenters. The molecule has 164 valence electrons. The van der Waals surface area contributed by atoms with E-state index in [0.717, 1.165) is 16.7 Å². The van der Waals surface area contributed by atoms with Crippen molar-refractivity contribution in [1.29, 1.82) is 0 Å². The van der Waals surface area contributed by atoms with E-state index in [1.807, 2.05) is 18.2 Å². The van der Waals surface area contributed by atoms with Crippen LogP contribution in [-0.4, -0.2) is 30.3 Å². The van der Waals surface area contributed by atoms with Gasteiger partial charge in [-0.05, 0) is 54.2 Å². The minimum Gasteiger partial charge on any atom is -0.393 e. The third-order valence-corrected chi connectivity index (χ3v) is 5.04. The number of Topliss-reactive ketones (excluding diaryl/α,β-unsaturated/α-hetero) is 1. The number of amides is 1. The van der Waals surface area contributed by atoms with Crippen LogP contribution in [0.15, 0.2) is 96.3 Å². The Kier molecular flexibility index (Phi) is 8.26. The summed E-state index contributed by atoms with van der Waals surface area (Å²) in [5, 5.41) is 5.71. The maximum Gasteiger partial charge on any atom is 0.244 e. The monoisotopic (exact) mass is 431 g/mol. The van der Waals surface area contributed by atoms with Crippen molar-refractivity contribution < 1.29 is 14.0 Å². The van der Waals surface area contributed by atoms with Crippen molar-refractivity contribution in [2.24, 2.45) is 0 Å². The van der Waals surface area contributed by atoms with Gasteiger partial charge in [0.15, 0.2) is 5.78 Å². The fraction of sp³-hybridized carbons (Fsp3) is 0.192. The minimum absolute atomic E-state index is 0.111. The van der Waals surface area contributed by atoms with Gasteiger partial charge in [-0.25, -0.2) is 4.39 Å². The van der Waals surface area contributed by atoms with Crippen molar-refractivity contribution in [2.45, 2.75) is 19.3 Å². The molecule has 0 radical (unpaired) electrons. The number of hydrogen-bond donors (Lipinski definition) is 2. The number of benzene rings is 1. The molecule has 0 aliphatic heterocycles. The second-order valence-corrected chi connectivity index (χ2v) is 7.31. The summed E-state index contributed by atoms with van der Waals surface area (Å²) in [6.45, 7) is -0.111. The zero-order valence-electron chi connectivity index (χ0n) is 18.0. The van der Waals surface area contributed by atoms with Crippen LogP contribution in [-0.2, 0) is 4.79 Å². The van der Waals surface area contributed by atoms with E-state index in [4.69, 9.17) is 0 Å². The highest BCUT2D eigenvalue weighted by Gasteiger charge is 2.17. The molecule has 1 amide bonds. The summed E-state index contributed by atoms with van der Waals surface area (Å²) in [5.74, 6) is -0.747.